The molecule has 0 heterocycles. The molecule has 0 aliphatic heterocycles. The van der Waals surface area contributed by atoms with E-state index >= 15 is 0 Å². The summed E-state index contributed by atoms with van der Waals surface area (Å²) in [5, 5.41) is 0. The fourth-order valence-corrected chi connectivity index (χ4v) is 2.06. The Morgan fingerprint density at radius 1 is 0.933 bits per heavy atom. The number of hydrogen-bond acceptors (Lipinski definition) is 3. The van der Waals surface area contributed by atoms with E-state index in [1.807, 2.05) is 0 Å². The van der Waals surface area contributed by atoms with Crippen molar-refractivity contribution in [2.75, 3.05) is 39.3 Å². The average Bonchev–Trinajstić information content (AvgIpc) is 2.29. The maximum Gasteiger partial charge on any atom is 0.0230 e. The molecule has 3 nitrogen and oxygen atoms in total. The second-order valence-electron chi connectivity index (χ2n) is 3.93. The summed E-state index contributed by atoms with van der Waals surface area (Å²) in [6, 6.07) is 0.556. The van der Waals surface area contributed by atoms with Gasteiger partial charge in [-0.15, -0.1) is 0 Å². The molecule has 0 aromatic heterocycles. The van der Waals surface area contributed by atoms with Crippen LogP contribution in [0.4, 0.5) is 0 Å². The maximum absolute atomic E-state index is 5.83. The summed E-state index contributed by atoms with van der Waals surface area (Å²) < 4.78 is 0. The van der Waals surface area contributed by atoms with E-state index in [9.17, 15) is 0 Å². The van der Waals surface area contributed by atoms with Crippen LogP contribution < -0.4 is 5.73 Å². The van der Waals surface area contributed by atoms with E-state index in [-0.39, 0.29) is 0 Å². The van der Waals surface area contributed by atoms with Crippen molar-refractivity contribution in [2.24, 2.45) is 5.73 Å². The van der Waals surface area contributed by atoms with E-state index in [1.54, 1.807) is 0 Å². The first-order valence-corrected chi connectivity index (χ1v) is 6.39. The summed E-state index contributed by atoms with van der Waals surface area (Å²) in [5.74, 6) is 0. The van der Waals surface area contributed by atoms with Crippen LogP contribution in [-0.2, 0) is 0 Å². The lowest BCUT2D eigenvalue weighted by Crippen LogP contribution is -2.42. The van der Waals surface area contributed by atoms with Gasteiger partial charge in [-0.1, -0.05) is 27.7 Å². The Morgan fingerprint density at radius 2 is 1.47 bits per heavy atom. The van der Waals surface area contributed by atoms with Gasteiger partial charge in [0.2, 0.25) is 0 Å². The first kappa shape index (κ1) is 14.9. The zero-order valence-electron chi connectivity index (χ0n) is 11.0. The molecule has 0 fully saturated rings. The number of hydrogen-bond donors (Lipinski definition) is 1. The van der Waals surface area contributed by atoms with E-state index in [2.05, 4.69) is 37.5 Å². The third kappa shape index (κ3) is 5.50. The number of nitrogens with zero attached hydrogens (tertiary/aromatic N) is 2. The normalized spacial score (nSPS) is 13.8. The largest absolute Gasteiger partial charge is 0.329 e. The lowest BCUT2D eigenvalue weighted by molar-refractivity contribution is 0.185. The van der Waals surface area contributed by atoms with Gasteiger partial charge >= 0.3 is 0 Å². The number of likely N-dealkylation sites (N-methyl/N-ethyl adjacent to an activating group) is 1. The molecule has 1 atom stereocenters. The molecule has 15 heavy (non-hydrogen) atoms. The topological polar surface area (TPSA) is 32.5 Å². The molecule has 0 bridgehead atoms. The molecule has 0 aliphatic rings. The van der Waals surface area contributed by atoms with Gasteiger partial charge in [-0.3, -0.25) is 4.90 Å². The van der Waals surface area contributed by atoms with Crippen LogP contribution in [0.3, 0.4) is 0 Å². The molecular formula is C12H29N3. The van der Waals surface area contributed by atoms with Crippen LogP contribution in [0.1, 0.15) is 34.1 Å². The fraction of sp³-hybridized carbons (Fsp3) is 1.00. The Hall–Kier alpha value is -0.120. The van der Waals surface area contributed by atoms with Gasteiger partial charge in [-0.05, 0) is 39.1 Å². The molecule has 0 aromatic rings. The maximum atomic E-state index is 5.83. The lowest BCUT2D eigenvalue weighted by Gasteiger charge is -2.30. The minimum atomic E-state index is 0.556. The van der Waals surface area contributed by atoms with Crippen molar-refractivity contribution in [1.82, 2.24) is 9.80 Å². The Morgan fingerprint density at radius 3 is 1.80 bits per heavy atom. The first-order chi connectivity index (χ1) is 7.23. The quantitative estimate of drug-likeness (QED) is 0.631. The van der Waals surface area contributed by atoms with Gasteiger partial charge in [-0.2, -0.15) is 0 Å². The highest BCUT2D eigenvalue weighted by atomic mass is 15.2. The Labute approximate surface area is 95.6 Å². The summed E-state index contributed by atoms with van der Waals surface area (Å²) >= 11 is 0. The van der Waals surface area contributed by atoms with Gasteiger partial charge in [0.1, 0.15) is 0 Å². The van der Waals surface area contributed by atoms with E-state index in [4.69, 9.17) is 5.73 Å². The van der Waals surface area contributed by atoms with Crippen LogP contribution in [-0.4, -0.2) is 55.1 Å². The molecule has 3 heteroatoms. The molecule has 0 rings (SSSR count). The van der Waals surface area contributed by atoms with Crippen LogP contribution in [0.2, 0.25) is 0 Å². The molecule has 0 saturated carbocycles. The molecule has 0 aromatic carbocycles. The van der Waals surface area contributed by atoms with Crippen molar-refractivity contribution in [3.05, 3.63) is 0 Å². The second-order valence-corrected chi connectivity index (χ2v) is 3.93. The molecule has 2 N–H and O–H groups in total. The summed E-state index contributed by atoms with van der Waals surface area (Å²) in [6.07, 6.45) is 1.19. The monoisotopic (exact) mass is 215 g/mol. The Balaban J connectivity index is 3.97. The van der Waals surface area contributed by atoms with Crippen molar-refractivity contribution >= 4 is 0 Å². The third-order valence-corrected chi connectivity index (χ3v) is 3.27. The van der Waals surface area contributed by atoms with Gasteiger partial charge in [-0.25, -0.2) is 0 Å². The van der Waals surface area contributed by atoms with E-state index in [0.717, 1.165) is 32.7 Å². The van der Waals surface area contributed by atoms with E-state index in [1.165, 1.54) is 13.0 Å². The van der Waals surface area contributed by atoms with Crippen molar-refractivity contribution in [3.63, 3.8) is 0 Å². The van der Waals surface area contributed by atoms with Crippen LogP contribution in [0, 0.1) is 0 Å². The van der Waals surface area contributed by atoms with Crippen LogP contribution in [0.5, 0.6) is 0 Å². The highest BCUT2D eigenvalue weighted by Crippen LogP contribution is 2.04. The molecule has 92 valence electrons. The predicted octanol–water partition coefficient (Wildman–Crippen LogP) is 1.39. The molecular weight excluding hydrogens is 186 g/mol. The predicted molar refractivity (Wildman–Crippen MR) is 68.2 cm³/mol. The molecule has 0 radical (unpaired) electrons. The van der Waals surface area contributed by atoms with Gasteiger partial charge < -0.3 is 10.6 Å². The SMILES string of the molecule is CCN(CC)CCC(CN)N(CC)CC. The zero-order valence-corrected chi connectivity index (χ0v) is 11.0. The Bertz CT molecular complexity index is 131. The van der Waals surface area contributed by atoms with Crippen molar-refractivity contribution in [3.8, 4) is 0 Å². The van der Waals surface area contributed by atoms with E-state index in [0.29, 0.717) is 6.04 Å². The van der Waals surface area contributed by atoms with Crippen LogP contribution in [0.25, 0.3) is 0 Å². The number of rotatable bonds is 9. The highest BCUT2D eigenvalue weighted by molar-refractivity contribution is 4.72. The van der Waals surface area contributed by atoms with Crippen LogP contribution >= 0.6 is 0 Å². The summed E-state index contributed by atoms with van der Waals surface area (Å²) in [7, 11) is 0. The minimum absolute atomic E-state index is 0.556. The lowest BCUT2D eigenvalue weighted by atomic mass is 10.1. The van der Waals surface area contributed by atoms with Crippen molar-refractivity contribution in [1.29, 1.82) is 0 Å². The average molecular weight is 215 g/mol. The molecule has 0 amide bonds. The van der Waals surface area contributed by atoms with Gasteiger partial charge in [0, 0.05) is 12.6 Å². The first-order valence-electron chi connectivity index (χ1n) is 6.39. The molecule has 0 spiro atoms. The van der Waals surface area contributed by atoms with Crippen molar-refractivity contribution < 1.29 is 0 Å². The fourth-order valence-electron chi connectivity index (χ4n) is 2.06. The molecule has 0 aliphatic carbocycles. The zero-order chi connectivity index (χ0) is 11.7. The second kappa shape index (κ2) is 9.13. The highest BCUT2D eigenvalue weighted by Gasteiger charge is 2.14. The third-order valence-electron chi connectivity index (χ3n) is 3.27. The van der Waals surface area contributed by atoms with Gasteiger partial charge in [0.05, 0.1) is 0 Å². The van der Waals surface area contributed by atoms with Crippen LogP contribution in [0.15, 0.2) is 0 Å². The summed E-state index contributed by atoms with van der Waals surface area (Å²) in [5.41, 5.74) is 5.83. The van der Waals surface area contributed by atoms with Gasteiger partial charge in [0.25, 0.3) is 0 Å². The Kier molecular flexibility index (Phi) is 9.06. The van der Waals surface area contributed by atoms with E-state index < -0.39 is 0 Å². The summed E-state index contributed by atoms with van der Waals surface area (Å²) in [6.45, 7) is 15.3. The summed E-state index contributed by atoms with van der Waals surface area (Å²) in [4.78, 5) is 4.93. The van der Waals surface area contributed by atoms with Crippen molar-refractivity contribution in [2.45, 2.75) is 40.2 Å². The standard InChI is InChI=1S/C12H29N3/c1-5-14(6-2)10-9-12(11-13)15(7-3)8-4/h12H,5-11,13H2,1-4H3. The minimum Gasteiger partial charge on any atom is -0.329 e. The smallest absolute Gasteiger partial charge is 0.0230 e. The van der Waals surface area contributed by atoms with Gasteiger partial charge in [0.15, 0.2) is 0 Å². The number of nitrogens with two attached hydrogens (primary N) is 1. The molecule has 1 unspecified atom stereocenters. The molecule has 0 saturated heterocycles.